The van der Waals surface area contributed by atoms with Crippen LogP contribution >= 0.6 is 0 Å². The van der Waals surface area contributed by atoms with Crippen LogP contribution in [0.3, 0.4) is 0 Å². The number of anilines is 1. The molecular formula is C24H25F3N6O6. The molecule has 0 radical (unpaired) electrons. The molecule has 1 fully saturated rings. The van der Waals surface area contributed by atoms with Gasteiger partial charge in [-0.3, -0.25) is 4.57 Å². The number of nitrogens with zero attached hydrogens (tertiary/aromatic N) is 6. The van der Waals surface area contributed by atoms with Gasteiger partial charge in [-0.25, -0.2) is 9.97 Å². The fraction of sp³-hybridized carbons (Fsp3) is 0.458. The van der Waals surface area contributed by atoms with Gasteiger partial charge in [0.05, 0.1) is 19.8 Å². The number of rotatable bonds is 9. The van der Waals surface area contributed by atoms with Crippen molar-refractivity contribution >= 4 is 11.8 Å². The Bertz CT molecular complexity index is 1270. The maximum absolute atomic E-state index is 12.3. The molecule has 1 saturated heterocycles. The van der Waals surface area contributed by atoms with Crippen LogP contribution in [0.2, 0.25) is 0 Å². The number of benzene rings is 1. The molecule has 4 heterocycles. The Morgan fingerprint density at radius 1 is 1.15 bits per heavy atom. The normalized spacial score (nSPS) is 19.4. The molecule has 39 heavy (non-hydrogen) atoms. The van der Waals surface area contributed by atoms with Crippen molar-refractivity contribution in [3.05, 3.63) is 58.5 Å². The van der Waals surface area contributed by atoms with Crippen LogP contribution in [0.15, 0.2) is 42.9 Å². The maximum atomic E-state index is 12.3. The Morgan fingerprint density at radius 3 is 2.44 bits per heavy atom. The van der Waals surface area contributed by atoms with Gasteiger partial charge in [0.2, 0.25) is 5.95 Å². The Hall–Kier alpha value is -4.14. The van der Waals surface area contributed by atoms with Crippen LogP contribution in [-0.2, 0) is 17.9 Å². The molecule has 1 unspecified atom stereocenters. The predicted octanol–water partition coefficient (Wildman–Crippen LogP) is 3.90. The summed E-state index contributed by atoms with van der Waals surface area (Å²) in [6, 6.07) is 5.56. The van der Waals surface area contributed by atoms with E-state index >= 15 is 0 Å². The quantitative estimate of drug-likeness (QED) is 0.286. The lowest BCUT2D eigenvalue weighted by Crippen LogP contribution is -2.39. The minimum atomic E-state index is -4.73. The van der Waals surface area contributed by atoms with E-state index < -0.39 is 16.9 Å². The largest absolute Gasteiger partial charge is 0.573 e. The molecule has 0 saturated carbocycles. The molecule has 0 N–H and O–H groups in total. The molecule has 0 bridgehead atoms. The zero-order valence-corrected chi connectivity index (χ0v) is 20.8. The van der Waals surface area contributed by atoms with E-state index in [0.717, 1.165) is 5.56 Å². The maximum Gasteiger partial charge on any atom is 0.573 e. The monoisotopic (exact) mass is 550 g/mol. The number of aromatic nitrogens is 4. The minimum absolute atomic E-state index is 0.0778. The number of fused-ring (bicyclic) bond motifs is 1. The van der Waals surface area contributed by atoms with Crippen molar-refractivity contribution in [3.63, 3.8) is 0 Å². The SMILES string of the molecule is CC1(COCc2cnc(N3CCC(Oc4ccc(OC(F)(F)F)cc4)CC3)nc2)Cn2cc([N+](=O)[O-])nc2O1. The van der Waals surface area contributed by atoms with Crippen molar-refractivity contribution in [1.82, 2.24) is 19.5 Å². The zero-order valence-electron chi connectivity index (χ0n) is 20.8. The summed E-state index contributed by atoms with van der Waals surface area (Å²) in [7, 11) is 0. The van der Waals surface area contributed by atoms with E-state index in [1.165, 1.54) is 30.5 Å². The Kier molecular flexibility index (Phi) is 7.16. The number of halogens is 3. The summed E-state index contributed by atoms with van der Waals surface area (Å²) in [6.45, 7) is 4.08. The number of alkyl halides is 3. The van der Waals surface area contributed by atoms with Crippen LogP contribution in [0.5, 0.6) is 17.5 Å². The van der Waals surface area contributed by atoms with Crippen LogP contribution in [-0.4, -0.2) is 62.2 Å². The predicted molar refractivity (Wildman–Crippen MR) is 129 cm³/mol. The molecule has 0 amide bonds. The highest BCUT2D eigenvalue weighted by Gasteiger charge is 2.40. The van der Waals surface area contributed by atoms with Crippen molar-refractivity contribution in [3.8, 4) is 17.5 Å². The van der Waals surface area contributed by atoms with Crippen LogP contribution in [0.1, 0.15) is 25.3 Å². The average Bonchev–Trinajstić information content (AvgIpc) is 3.41. The Balaban J connectivity index is 1.04. The van der Waals surface area contributed by atoms with Crippen LogP contribution in [0.25, 0.3) is 0 Å². The lowest BCUT2D eigenvalue weighted by atomic mass is 10.1. The van der Waals surface area contributed by atoms with E-state index in [4.69, 9.17) is 14.2 Å². The van der Waals surface area contributed by atoms with Crippen LogP contribution < -0.4 is 19.1 Å². The van der Waals surface area contributed by atoms with E-state index in [9.17, 15) is 23.3 Å². The first-order chi connectivity index (χ1) is 18.6. The highest BCUT2D eigenvalue weighted by molar-refractivity contribution is 5.33. The highest BCUT2D eigenvalue weighted by atomic mass is 19.4. The van der Waals surface area contributed by atoms with Gasteiger partial charge in [-0.15, -0.1) is 13.2 Å². The third-order valence-electron chi connectivity index (χ3n) is 6.21. The number of ether oxygens (including phenoxy) is 4. The second-order valence-electron chi connectivity index (χ2n) is 9.53. The van der Waals surface area contributed by atoms with Crippen LogP contribution in [0, 0.1) is 10.1 Å². The first-order valence-electron chi connectivity index (χ1n) is 12.1. The standard InChI is InChI=1S/C24H25F3N6O6/c1-23(14-32-12-20(33(34)35)30-22(32)39-23)15-36-13-16-10-28-21(29-11-16)31-8-6-18(7-9-31)37-17-2-4-19(5-3-17)38-24(25,26)27/h2-5,10-12,18H,6-9,13-15H2,1H3. The van der Waals surface area contributed by atoms with Gasteiger partial charge in [0, 0.05) is 48.9 Å². The molecule has 5 rings (SSSR count). The molecule has 0 aliphatic carbocycles. The Morgan fingerprint density at radius 2 is 1.82 bits per heavy atom. The molecule has 2 aliphatic rings. The molecular weight excluding hydrogens is 525 g/mol. The minimum Gasteiger partial charge on any atom is -0.490 e. The highest BCUT2D eigenvalue weighted by Crippen LogP contribution is 2.31. The van der Waals surface area contributed by atoms with Crippen molar-refractivity contribution < 1.29 is 37.0 Å². The van der Waals surface area contributed by atoms with Crippen molar-refractivity contribution in [1.29, 1.82) is 0 Å². The summed E-state index contributed by atoms with van der Waals surface area (Å²) in [4.78, 5) is 25.1. The topological polar surface area (TPSA) is 127 Å². The summed E-state index contributed by atoms with van der Waals surface area (Å²) in [6.07, 6.45) is 1.33. The van der Waals surface area contributed by atoms with Crippen molar-refractivity contribution in [2.75, 3.05) is 24.6 Å². The fourth-order valence-corrected chi connectivity index (χ4v) is 4.41. The van der Waals surface area contributed by atoms with E-state index in [0.29, 0.717) is 44.2 Å². The first-order valence-corrected chi connectivity index (χ1v) is 12.1. The molecule has 12 nitrogen and oxygen atoms in total. The van der Waals surface area contributed by atoms with Gasteiger partial charge < -0.3 is 34.0 Å². The van der Waals surface area contributed by atoms with Gasteiger partial charge in [-0.05, 0) is 36.1 Å². The summed E-state index contributed by atoms with van der Waals surface area (Å²) in [5.41, 5.74) is 0.0914. The van der Waals surface area contributed by atoms with Gasteiger partial charge in [0.25, 0.3) is 0 Å². The van der Waals surface area contributed by atoms with E-state index in [2.05, 4.69) is 19.7 Å². The smallest absolute Gasteiger partial charge is 0.490 e. The van der Waals surface area contributed by atoms with Crippen LogP contribution in [0.4, 0.5) is 24.9 Å². The van der Waals surface area contributed by atoms with Gasteiger partial charge >= 0.3 is 18.2 Å². The average molecular weight is 550 g/mol. The number of hydrogen-bond acceptors (Lipinski definition) is 10. The first kappa shape index (κ1) is 26.5. The molecule has 1 aromatic carbocycles. The van der Waals surface area contributed by atoms with Gasteiger partial charge in [-0.2, -0.15) is 0 Å². The summed E-state index contributed by atoms with van der Waals surface area (Å²) < 4.78 is 59.8. The Labute approximate surface area is 220 Å². The number of imidazole rings is 1. The third-order valence-corrected chi connectivity index (χ3v) is 6.21. The number of piperidine rings is 1. The summed E-state index contributed by atoms with van der Waals surface area (Å²) >= 11 is 0. The second kappa shape index (κ2) is 10.6. The molecule has 3 aromatic rings. The van der Waals surface area contributed by atoms with Crippen molar-refractivity contribution in [2.24, 2.45) is 0 Å². The van der Waals surface area contributed by atoms with Gasteiger partial charge in [-0.1, -0.05) is 0 Å². The summed E-state index contributed by atoms with van der Waals surface area (Å²) in [5.74, 6) is 0.517. The molecule has 208 valence electrons. The molecule has 1 atom stereocenters. The number of hydrogen-bond donors (Lipinski definition) is 0. The second-order valence-corrected chi connectivity index (χ2v) is 9.53. The fourth-order valence-electron chi connectivity index (χ4n) is 4.41. The molecule has 15 heteroatoms. The van der Waals surface area contributed by atoms with Crippen molar-refractivity contribution in [2.45, 2.75) is 51.0 Å². The third kappa shape index (κ3) is 6.66. The molecule has 2 aliphatic heterocycles. The lowest BCUT2D eigenvalue weighted by molar-refractivity contribution is -0.389. The molecule has 2 aromatic heterocycles. The van der Waals surface area contributed by atoms with E-state index in [1.807, 2.05) is 11.8 Å². The van der Waals surface area contributed by atoms with Gasteiger partial charge in [0.1, 0.15) is 23.8 Å². The lowest BCUT2D eigenvalue weighted by Gasteiger charge is -2.32. The zero-order chi connectivity index (χ0) is 27.6. The van der Waals surface area contributed by atoms with E-state index in [1.54, 1.807) is 17.0 Å². The summed E-state index contributed by atoms with van der Waals surface area (Å²) in [5, 5.41) is 10.8. The van der Waals surface area contributed by atoms with Gasteiger partial charge in [0.15, 0.2) is 5.60 Å². The number of nitro groups is 1. The molecule has 0 spiro atoms. The van der Waals surface area contributed by atoms with E-state index in [-0.39, 0.29) is 36.9 Å².